The minimum absolute atomic E-state index is 0.0872. The molecule has 1 unspecified atom stereocenters. The highest BCUT2D eigenvalue weighted by Crippen LogP contribution is 2.40. The number of hydrogen-bond donors (Lipinski definition) is 2. The summed E-state index contributed by atoms with van der Waals surface area (Å²) in [5, 5.41) is 10.4. The van der Waals surface area contributed by atoms with Gasteiger partial charge in [-0.3, -0.25) is 0 Å². The van der Waals surface area contributed by atoms with Gasteiger partial charge < -0.3 is 29.0 Å². The maximum absolute atomic E-state index is 14.9. The number of alkyl halides is 1. The monoisotopic (exact) mass is 507 g/mol. The van der Waals surface area contributed by atoms with Gasteiger partial charge in [0.2, 0.25) is 0 Å². The van der Waals surface area contributed by atoms with Gasteiger partial charge in [0.15, 0.2) is 11.8 Å². The summed E-state index contributed by atoms with van der Waals surface area (Å²) in [6.45, 7) is -0.219. The normalized spacial score (nSPS) is 27.4. The Morgan fingerprint density at radius 1 is 1.17 bits per heavy atom. The first-order valence-corrected chi connectivity index (χ1v) is 12.0. The SMILES string of the molecule is O[C@@H]1CO[C@H]2[C@@H]1OC[C@H]2Oc1nc2nc(CC3CCc4cc(OCCF)cc(F)c43)c(Cl)cc2[nH]1. The fraction of sp³-hybridized carbons (Fsp3) is 0.500. The van der Waals surface area contributed by atoms with E-state index >= 15 is 0 Å². The third-order valence-corrected chi connectivity index (χ3v) is 7.19. The lowest BCUT2D eigenvalue weighted by Gasteiger charge is -2.15. The van der Waals surface area contributed by atoms with Gasteiger partial charge in [-0.1, -0.05) is 11.6 Å². The van der Waals surface area contributed by atoms with Crippen molar-refractivity contribution in [1.82, 2.24) is 15.0 Å². The number of fused-ring (bicyclic) bond motifs is 3. The number of hydrogen-bond acceptors (Lipinski definition) is 7. The number of nitrogens with zero attached hydrogens (tertiary/aromatic N) is 2. The summed E-state index contributed by atoms with van der Waals surface area (Å²) in [5.41, 5.74) is 3.18. The van der Waals surface area contributed by atoms with E-state index in [0.717, 1.165) is 12.0 Å². The fourth-order valence-electron chi connectivity index (χ4n) is 5.28. The Morgan fingerprint density at radius 3 is 2.89 bits per heavy atom. The number of halogens is 3. The maximum atomic E-state index is 14.9. The topological polar surface area (TPSA) is 98.7 Å². The van der Waals surface area contributed by atoms with Crippen LogP contribution in [0.2, 0.25) is 5.02 Å². The quantitative estimate of drug-likeness (QED) is 0.506. The van der Waals surface area contributed by atoms with Crippen LogP contribution in [0.5, 0.6) is 11.8 Å². The zero-order valence-electron chi connectivity index (χ0n) is 18.7. The van der Waals surface area contributed by atoms with Crippen molar-refractivity contribution in [1.29, 1.82) is 0 Å². The second-order valence-corrected chi connectivity index (χ2v) is 9.51. The third kappa shape index (κ3) is 4.22. The van der Waals surface area contributed by atoms with Gasteiger partial charge in [-0.05, 0) is 48.4 Å². The first-order valence-electron chi connectivity index (χ1n) is 11.6. The number of aliphatic hydroxyl groups excluding tert-OH is 1. The van der Waals surface area contributed by atoms with Gasteiger partial charge in [-0.2, -0.15) is 4.98 Å². The summed E-state index contributed by atoms with van der Waals surface area (Å²) in [5.74, 6) is -0.101. The Labute approximate surface area is 204 Å². The first-order chi connectivity index (χ1) is 17.0. The van der Waals surface area contributed by atoms with Crippen LogP contribution in [-0.4, -0.2) is 71.0 Å². The highest BCUT2D eigenvalue weighted by Gasteiger charge is 2.48. The number of pyridine rings is 1. The molecule has 3 aromatic rings. The van der Waals surface area contributed by atoms with Crippen molar-refractivity contribution in [2.24, 2.45) is 0 Å². The minimum Gasteiger partial charge on any atom is -0.491 e. The highest BCUT2D eigenvalue weighted by atomic mass is 35.5. The van der Waals surface area contributed by atoms with Gasteiger partial charge in [0.25, 0.3) is 6.01 Å². The predicted molar refractivity (Wildman–Crippen MR) is 121 cm³/mol. The lowest BCUT2D eigenvalue weighted by molar-refractivity contribution is 0.00706. The molecule has 0 spiro atoms. The van der Waals surface area contributed by atoms with Gasteiger partial charge in [-0.15, -0.1) is 0 Å². The van der Waals surface area contributed by atoms with Crippen molar-refractivity contribution in [3.63, 3.8) is 0 Å². The molecule has 35 heavy (non-hydrogen) atoms. The standard InChI is InChI=1S/C24H24ClF2N3O5/c25-14-8-17-23(30-24(29-17)35-19-10-34-21-18(31)9-33-22(19)21)28-16(14)6-12-2-1-11-5-13(32-4-3-26)7-15(27)20(11)12/h5,7-8,12,18-19,21-22,31H,1-4,6,9-10H2,(H,28,29,30)/t12?,18-,19-,21-,22-/m1/s1. The van der Waals surface area contributed by atoms with Gasteiger partial charge in [0.1, 0.15) is 43.2 Å². The van der Waals surface area contributed by atoms with Crippen LogP contribution in [0.25, 0.3) is 11.2 Å². The number of aromatic nitrogens is 3. The lowest BCUT2D eigenvalue weighted by Crippen LogP contribution is -2.34. The third-order valence-electron chi connectivity index (χ3n) is 6.87. The summed E-state index contributed by atoms with van der Waals surface area (Å²) < 4.78 is 49.7. The van der Waals surface area contributed by atoms with Crippen molar-refractivity contribution in [3.8, 4) is 11.8 Å². The molecule has 0 bridgehead atoms. The number of nitrogens with one attached hydrogen (secondary N) is 1. The van der Waals surface area contributed by atoms with Crippen molar-refractivity contribution >= 4 is 22.8 Å². The van der Waals surface area contributed by atoms with Gasteiger partial charge >= 0.3 is 0 Å². The van der Waals surface area contributed by atoms with Crippen LogP contribution in [0.15, 0.2) is 18.2 Å². The molecule has 0 amide bonds. The maximum Gasteiger partial charge on any atom is 0.296 e. The summed E-state index contributed by atoms with van der Waals surface area (Å²) in [4.78, 5) is 12.1. The molecule has 3 aliphatic rings. The molecule has 6 rings (SSSR count). The van der Waals surface area contributed by atoms with E-state index in [-0.39, 0.29) is 43.7 Å². The van der Waals surface area contributed by atoms with Gasteiger partial charge in [0, 0.05) is 6.07 Å². The molecule has 2 N–H and O–H groups in total. The Morgan fingerprint density at radius 2 is 2.03 bits per heavy atom. The molecule has 2 saturated heterocycles. The van der Waals surface area contributed by atoms with Crippen LogP contribution in [-0.2, 0) is 22.3 Å². The highest BCUT2D eigenvalue weighted by molar-refractivity contribution is 6.31. The van der Waals surface area contributed by atoms with Crippen LogP contribution in [0.1, 0.15) is 29.2 Å². The van der Waals surface area contributed by atoms with E-state index in [1.165, 1.54) is 6.07 Å². The van der Waals surface area contributed by atoms with E-state index in [9.17, 15) is 13.9 Å². The molecule has 2 aliphatic heterocycles. The number of aryl methyl sites for hydroxylation is 1. The van der Waals surface area contributed by atoms with E-state index in [1.807, 2.05) is 0 Å². The molecule has 4 heterocycles. The smallest absolute Gasteiger partial charge is 0.296 e. The summed E-state index contributed by atoms with van der Waals surface area (Å²) in [7, 11) is 0. The second-order valence-electron chi connectivity index (χ2n) is 9.10. The number of aliphatic hydroxyl groups is 1. The van der Waals surface area contributed by atoms with E-state index in [2.05, 4.69) is 15.0 Å². The number of benzene rings is 1. The summed E-state index contributed by atoms with van der Waals surface area (Å²) in [6, 6.07) is 5.10. The average molecular weight is 508 g/mol. The van der Waals surface area contributed by atoms with Crippen molar-refractivity contribution < 1.29 is 32.8 Å². The van der Waals surface area contributed by atoms with Crippen molar-refractivity contribution in [3.05, 3.63) is 45.9 Å². The first kappa shape index (κ1) is 22.9. The van der Waals surface area contributed by atoms with Crippen LogP contribution in [0, 0.1) is 5.82 Å². The van der Waals surface area contributed by atoms with Crippen LogP contribution >= 0.6 is 11.6 Å². The Kier molecular flexibility index (Phi) is 6.00. The molecule has 0 radical (unpaired) electrons. The molecular weight excluding hydrogens is 484 g/mol. The number of ether oxygens (including phenoxy) is 4. The summed E-state index contributed by atoms with van der Waals surface area (Å²) in [6.07, 6.45) is 0.0941. The molecule has 0 saturated carbocycles. The number of imidazole rings is 1. The molecule has 1 aromatic carbocycles. The average Bonchev–Trinajstić information content (AvgIpc) is 3.59. The molecule has 5 atom stereocenters. The van der Waals surface area contributed by atoms with Crippen LogP contribution in [0.4, 0.5) is 8.78 Å². The van der Waals surface area contributed by atoms with E-state index < -0.39 is 25.0 Å². The van der Waals surface area contributed by atoms with Crippen LogP contribution in [0.3, 0.4) is 0 Å². The fourth-order valence-corrected chi connectivity index (χ4v) is 5.51. The minimum atomic E-state index is -0.660. The van der Waals surface area contributed by atoms with Crippen molar-refractivity contribution in [2.75, 3.05) is 26.5 Å². The molecule has 11 heteroatoms. The zero-order chi connectivity index (χ0) is 24.1. The molecule has 186 valence electrons. The lowest BCUT2D eigenvalue weighted by atomic mass is 9.95. The molecule has 1 aliphatic carbocycles. The molecule has 2 aromatic heterocycles. The van der Waals surface area contributed by atoms with E-state index in [4.69, 9.17) is 30.5 Å². The Bertz CT molecular complexity index is 1260. The zero-order valence-corrected chi connectivity index (χ0v) is 19.4. The molecule has 2 fully saturated rings. The van der Waals surface area contributed by atoms with Gasteiger partial charge in [0.05, 0.1) is 29.4 Å². The van der Waals surface area contributed by atoms with Crippen LogP contribution < -0.4 is 9.47 Å². The van der Waals surface area contributed by atoms with E-state index in [1.54, 1.807) is 12.1 Å². The van der Waals surface area contributed by atoms with Crippen molar-refractivity contribution in [2.45, 2.75) is 49.6 Å². The van der Waals surface area contributed by atoms with E-state index in [0.29, 0.717) is 46.0 Å². The Hall–Kier alpha value is -2.53. The molecular formula is C24H24ClF2N3O5. The largest absolute Gasteiger partial charge is 0.491 e. The summed E-state index contributed by atoms with van der Waals surface area (Å²) >= 11 is 6.53. The van der Waals surface area contributed by atoms with Gasteiger partial charge in [-0.25, -0.2) is 13.8 Å². The second kappa shape index (κ2) is 9.16. The number of H-pyrrole nitrogens is 1. The number of aromatic amines is 1. The predicted octanol–water partition coefficient (Wildman–Crippen LogP) is 3.28. The Balaban J connectivity index is 1.20. The number of rotatable bonds is 7. The molecule has 8 nitrogen and oxygen atoms in total.